The highest BCUT2D eigenvalue weighted by Crippen LogP contribution is 2.33. The van der Waals surface area contributed by atoms with E-state index in [1.807, 2.05) is 24.7 Å². The first-order valence-corrected chi connectivity index (χ1v) is 7.04. The number of aromatic nitrogens is 2. The van der Waals surface area contributed by atoms with E-state index in [-0.39, 0.29) is 17.9 Å². The zero-order chi connectivity index (χ0) is 15.6. The molecule has 0 spiro atoms. The molecule has 1 heterocycles. The molecule has 0 saturated heterocycles. The SMILES string of the molecule is CNC(c1ccc(F)cc1C)c1c(OC)cnn1C(C)C. The summed E-state index contributed by atoms with van der Waals surface area (Å²) in [5, 5.41) is 7.69. The maximum Gasteiger partial charge on any atom is 0.161 e. The Labute approximate surface area is 124 Å². The highest BCUT2D eigenvalue weighted by Gasteiger charge is 2.24. The van der Waals surface area contributed by atoms with Crippen LogP contribution >= 0.6 is 0 Å². The molecule has 1 unspecified atom stereocenters. The molecule has 0 radical (unpaired) electrons. The van der Waals surface area contributed by atoms with Crippen LogP contribution in [0.2, 0.25) is 0 Å². The standard InChI is InChI=1S/C16H22FN3O/c1-10(2)20-16(14(21-5)9-19-20)15(18-4)13-7-6-12(17)8-11(13)3/h6-10,15,18H,1-5H3. The van der Waals surface area contributed by atoms with E-state index in [1.54, 1.807) is 19.4 Å². The third-order valence-electron chi connectivity index (χ3n) is 3.61. The number of hydrogen-bond donors (Lipinski definition) is 1. The Balaban J connectivity index is 2.58. The highest BCUT2D eigenvalue weighted by molar-refractivity contribution is 5.40. The summed E-state index contributed by atoms with van der Waals surface area (Å²) in [7, 11) is 3.51. The Morgan fingerprint density at radius 1 is 1.33 bits per heavy atom. The molecule has 1 N–H and O–H groups in total. The van der Waals surface area contributed by atoms with Gasteiger partial charge in [-0.2, -0.15) is 5.10 Å². The van der Waals surface area contributed by atoms with Crippen molar-refractivity contribution in [3.63, 3.8) is 0 Å². The third-order valence-corrected chi connectivity index (χ3v) is 3.61. The first-order chi connectivity index (χ1) is 9.99. The molecular formula is C16H22FN3O. The molecule has 2 rings (SSSR count). The Morgan fingerprint density at radius 2 is 2.05 bits per heavy atom. The fourth-order valence-electron chi connectivity index (χ4n) is 2.60. The fraction of sp³-hybridized carbons (Fsp3) is 0.438. The topological polar surface area (TPSA) is 39.1 Å². The Hall–Kier alpha value is -1.88. The van der Waals surface area contributed by atoms with Gasteiger partial charge >= 0.3 is 0 Å². The van der Waals surface area contributed by atoms with Gasteiger partial charge in [-0.3, -0.25) is 4.68 Å². The maximum atomic E-state index is 13.3. The van der Waals surface area contributed by atoms with Crippen LogP contribution in [-0.4, -0.2) is 23.9 Å². The van der Waals surface area contributed by atoms with Gasteiger partial charge in [0.1, 0.15) is 11.5 Å². The van der Waals surface area contributed by atoms with Gasteiger partial charge in [0.25, 0.3) is 0 Å². The number of nitrogens with zero attached hydrogens (tertiary/aromatic N) is 2. The normalized spacial score (nSPS) is 12.7. The maximum absolute atomic E-state index is 13.3. The summed E-state index contributed by atoms with van der Waals surface area (Å²) in [4.78, 5) is 0. The van der Waals surface area contributed by atoms with Crippen LogP contribution in [0, 0.1) is 12.7 Å². The minimum atomic E-state index is -0.226. The van der Waals surface area contributed by atoms with Crippen LogP contribution in [0.1, 0.15) is 42.8 Å². The monoisotopic (exact) mass is 291 g/mol. The zero-order valence-corrected chi connectivity index (χ0v) is 13.1. The van der Waals surface area contributed by atoms with Gasteiger partial charge < -0.3 is 10.1 Å². The molecule has 0 saturated carbocycles. The summed E-state index contributed by atoms with van der Waals surface area (Å²) in [6.45, 7) is 6.05. The quantitative estimate of drug-likeness (QED) is 0.919. The van der Waals surface area contributed by atoms with E-state index in [0.29, 0.717) is 0 Å². The van der Waals surface area contributed by atoms with E-state index in [1.165, 1.54) is 6.07 Å². The van der Waals surface area contributed by atoms with Crippen molar-refractivity contribution in [1.29, 1.82) is 0 Å². The molecule has 0 bridgehead atoms. The average Bonchev–Trinajstić information content (AvgIpc) is 2.86. The van der Waals surface area contributed by atoms with Crippen molar-refractivity contribution < 1.29 is 9.13 Å². The molecule has 4 nitrogen and oxygen atoms in total. The van der Waals surface area contributed by atoms with E-state index in [0.717, 1.165) is 22.6 Å². The minimum absolute atomic E-state index is 0.106. The lowest BCUT2D eigenvalue weighted by atomic mass is 9.98. The fourth-order valence-corrected chi connectivity index (χ4v) is 2.60. The Kier molecular flexibility index (Phi) is 4.63. The van der Waals surface area contributed by atoms with E-state index >= 15 is 0 Å². The van der Waals surface area contributed by atoms with Crippen molar-refractivity contribution in [2.24, 2.45) is 0 Å². The summed E-state index contributed by atoms with van der Waals surface area (Å²) < 4.78 is 20.7. The lowest BCUT2D eigenvalue weighted by Crippen LogP contribution is -2.23. The summed E-state index contributed by atoms with van der Waals surface area (Å²) in [6.07, 6.45) is 1.72. The molecule has 0 aliphatic heterocycles. The van der Waals surface area contributed by atoms with E-state index in [9.17, 15) is 4.39 Å². The predicted octanol–water partition coefficient (Wildman–Crippen LogP) is 3.23. The second kappa shape index (κ2) is 6.26. The molecule has 0 aliphatic carbocycles. The minimum Gasteiger partial charge on any atom is -0.493 e. The second-order valence-corrected chi connectivity index (χ2v) is 5.36. The van der Waals surface area contributed by atoms with Crippen LogP contribution in [0.3, 0.4) is 0 Å². The van der Waals surface area contributed by atoms with Gasteiger partial charge in [0.2, 0.25) is 0 Å². The summed E-state index contributed by atoms with van der Waals surface area (Å²) in [6, 6.07) is 4.94. The first-order valence-electron chi connectivity index (χ1n) is 7.04. The highest BCUT2D eigenvalue weighted by atomic mass is 19.1. The molecule has 1 aromatic heterocycles. The van der Waals surface area contributed by atoms with Gasteiger partial charge in [0, 0.05) is 6.04 Å². The predicted molar refractivity (Wildman–Crippen MR) is 81.2 cm³/mol. The van der Waals surface area contributed by atoms with Crippen LogP contribution in [0.15, 0.2) is 24.4 Å². The molecule has 0 fully saturated rings. The second-order valence-electron chi connectivity index (χ2n) is 5.36. The Bertz CT molecular complexity index is 622. The van der Waals surface area contributed by atoms with Crippen molar-refractivity contribution in [2.45, 2.75) is 32.9 Å². The van der Waals surface area contributed by atoms with E-state index in [2.05, 4.69) is 24.3 Å². The van der Waals surface area contributed by atoms with Gasteiger partial charge in [0.15, 0.2) is 5.75 Å². The number of nitrogens with one attached hydrogen (secondary N) is 1. The molecule has 114 valence electrons. The van der Waals surface area contributed by atoms with Crippen LogP contribution in [0.5, 0.6) is 5.75 Å². The number of methoxy groups -OCH3 is 1. The number of ether oxygens (including phenoxy) is 1. The van der Waals surface area contributed by atoms with Crippen LogP contribution in [-0.2, 0) is 0 Å². The molecule has 0 aliphatic rings. The average molecular weight is 291 g/mol. The number of hydrogen-bond acceptors (Lipinski definition) is 3. The van der Waals surface area contributed by atoms with Gasteiger partial charge in [-0.1, -0.05) is 6.07 Å². The summed E-state index contributed by atoms with van der Waals surface area (Å²) in [5.41, 5.74) is 2.86. The third kappa shape index (κ3) is 2.93. The molecular weight excluding hydrogens is 269 g/mol. The van der Waals surface area contributed by atoms with Gasteiger partial charge in [-0.25, -0.2) is 4.39 Å². The lowest BCUT2D eigenvalue weighted by Gasteiger charge is -2.23. The van der Waals surface area contributed by atoms with Crippen LogP contribution < -0.4 is 10.1 Å². The van der Waals surface area contributed by atoms with Crippen molar-refractivity contribution in [3.8, 4) is 5.75 Å². The van der Waals surface area contributed by atoms with Gasteiger partial charge in [-0.05, 0) is 51.1 Å². The zero-order valence-electron chi connectivity index (χ0n) is 13.1. The number of rotatable bonds is 5. The van der Waals surface area contributed by atoms with Crippen molar-refractivity contribution in [3.05, 3.63) is 47.0 Å². The molecule has 21 heavy (non-hydrogen) atoms. The lowest BCUT2D eigenvalue weighted by molar-refractivity contribution is 0.396. The molecule has 0 amide bonds. The molecule has 1 aromatic carbocycles. The van der Waals surface area contributed by atoms with Gasteiger partial charge in [-0.15, -0.1) is 0 Å². The van der Waals surface area contributed by atoms with E-state index in [4.69, 9.17) is 4.74 Å². The van der Waals surface area contributed by atoms with Crippen molar-refractivity contribution in [1.82, 2.24) is 15.1 Å². The molecule has 2 aromatic rings. The van der Waals surface area contributed by atoms with Crippen LogP contribution in [0.25, 0.3) is 0 Å². The molecule has 1 atom stereocenters. The van der Waals surface area contributed by atoms with E-state index < -0.39 is 0 Å². The first kappa shape index (κ1) is 15.5. The summed E-state index contributed by atoms with van der Waals surface area (Å²) >= 11 is 0. The van der Waals surface area contributed by atoms with Crippen molar-refractivity contribution in [2.75, 3.05) is 14.2 Å². The Morgan fingerprint density at radius 3 is 2.57 bits per heavy atom. The number of aryl methyl sites for hydroxylation is 1. The van der Waals surface area contributed by atoms with Crippen molar-refractivity contribution >= 4 is 0 Å². The molecule has 5 heteroatoms. The van der Waals surface area contributed by atoms with Gasteiger partial charge in [0.05, 0.1) is 19.3 Å². The summed E-state index contributed by atoms with van der Waals surface area (Å²) in [5.74, 6) is 0.502. The van der Waals surface area contributed by atoms with Crippen LogP contribution in [0.4, 0.5) is 4.39 Å². The number of benzene rings is 1. The smallest absolute Gasteiger partial charge is 0.161 e. The largest absolute Gasteiger partial charge is 0.493 e. The number of halogens is 1.